The summed E-state index contributed by atoms with van der Waals surface area (Å²) in [6, 6.07) is 14.4. The first-order chi connectivity index (χ1) is 27.1. The van der Waals surface area contributed by atoms with Gasteiger partial charge in [-0.2, -0.15) is 10.2 Å². The summed E-state index contributed by atoms with van der Waals surface area (Å²) < 4.78 is 107. The number of nitrogens with zero attached hydrogens (tertiary/aromatic N) is 2. The standard InChI is InChI=1S/C35H26N6O14S3.4Na/c1-17-12-24(56(47,48)49)8-11-27(17)39-41-31-29(58(53,54)55)16-20-14-23(7-10-26(20)33(31)43)37-35(46)36-22-6-9-25-19(13-22)15-28(57(50,51)52)30(32(25)42)40-38-21-4-2-18(3-5-21)34(44)45;;;;/h2-16,38-39H,1H3,(H,44,45)(H2,36,37,46)(H,47,48,49)(H,50,51,52)(H,53,54,55);;;;/q;4*+1/p-4. The molecule has 4 aromatic rings. The Hall–Kier alpha value is -2.89. The van der Waals surface area contributed by atoms with E-state index in [1.807, 2.05) is 0 Å². The minimum Gasteiger partial charge on any atom is -0.744 e. The molecule has 6 rings (SSSR count). The maximum Gasteiger partial charge on any atom is 1.00 e. The molecule has 27 heteroatoms. The molecule has 20 nitrogen and oxygen atoms in total. The number of aryl methyl sites for hydroxylation is 1. The van der Waals surface area contributed by atoms with E-state index in [0.29, 0.717) is 0 Å². The zero-order valence-electron chi connectivity index (χ0n) is 33.0. The molecule has 0 aliphatic heterocycles. The van der Waals surface area contributed by atoms with Crippen molar-refractivity contribution in [2.75, 3.05) is 21.5 Å². The van der Waals surface area contributed by atoms with Crippen LogP contribution in [0.1, 0.15) is 47.8 Å². The summed E-state index contributed by atoms with van der Waals surface area (Å²) >= 11 is 0. The minimum absolute atomic E-state index is 0. The number of amides is 2. The Balaban J connectivity index is 0.00000331. The van der Waals surface area contributed by atoms with Crippen molar-refractivity contribution in [1.82, 2.24) is 0 Å². The zero-order valence-corrected chi connectivity index (χ0v) is 43.4. The largest absolute Gasteiger partial charge is 1.00 e. The van der Waals surface area contributed by atoms with Crippen LogP contribution in [0.5, 0.6) is 0 Å². The molecule has 4 N–H and O–H groups in total. The number of allylic oxidation sites excluding steroid dienone is 2. The second kappa shape index (κ2) is 21.9. The number of nitrogens with one attached hydrogen (secondary N) is 4. The first kappa shape index (κ1) is 55.2. The second-order valence-corrected chi connectivity index (χ2v) is 16.3. The van der Waals surface area contributed by atoms with Gasteiger partial charge < -0.3 is 34.2 Å². The topological polar surface area (TPSA) is 336 Å². The van der Waals surface area contributed by atoms with Crippen LogP contribution in [0.4, 0.5) is 27.5 Å². The number of carbonyl (C=O) groups excluding carboxylic acids is 4. The van der Waals surface area contributed by atoms with Gasteiger partial charge in [-0.15, -0.1) is 0 Å². The summed E-state index contributed by atoms with van der Waals surface area (Å²) in [5.41, 5.74) is 3.12. The molecule has 62 heavy (non-hydrogen) atoms. The van der Waals surface area contributed by atoms with Crippen molar-refractivity contribution < 1.29 is 181 Å². The SMILES string of the molecule is Cc1cc(S(=O)(=O)[O-])ccc1NN=C1C(=O)c2ccc(NC(=O)Nc3ccc4c(c3)C=C(S(=O)(=O)[O-])C(=NNc3ccc(C(=O)[O-])cc3)C4=O)cc2C=C1S(=O)(=O)[O-].[Na+].[Na+].[Na+].[Na+]. The number of carboxylic acids is 1. The molecule has 2 amide bonds. The first-order valence-electron chi connectivity index (χ1n) is 16.0. The molecule has 0 atom stereocenters. The zero-order chi connectivity index (χ0) is 42.3. The van der Waals surface area contributed by atoms with Crippen molar-refractivity contribution in [2.24, 2.45) is 10.2 Å². The van der Waals surface area contributed by atoms with Crippen molar-refractivity contribution in [3.05, 3.63) is 122 Å². The van der Waals surface area contributed by atoms with E-state index >= 15 is 0 Å². The third kappa shape index (κ3) is 12.9. The van der Waals surface area contributed by atoms with Crippen LogP contribution >= 0.6 is 0 Å². The van der Waals surface area contributed by atoms with Crippen LogP contribution < -0.4 is 145 Å². The number of hydrogen-bond acceptors (Lipinski definition) is 18. The molecule has 298 valence electrons. The number of aromatic carboxylic acids is 1. The van der Waals surface area contributed by atoms with Gasteiger partial charge in [0.15, 0.2) is 0 Å². The van der Waals surface area contributed by atoms with Crippen molar-refractivity contribution in [3.63, 3.8) is 0 Å². The fraction of sp³-hybridized carbons (Fsp3) is 0.0286. The minimum atomic E-state index is -5.33. The molecule has 0 spiro atoms. The molecule has 0 saturated heterocycles. The number of hydrazone groups is 2. The van der Waals surface area contributed by atoms with E-state index < -0.39 is 80.1 Å². The maximum absolute atomic E-state index is 13.4. The number of ketones is 2. The summed E-state index contributed by atoms with van der Waals surface area (Å²) in [6.07, 6.45) is 1.73. The molecule has 0 unspecified atom stereocenters. The van der Waals surface area contributed by atoms with Crippen LogP contribution in [0.15, 0.2) is 104 Å². The fourth-order valence-corrected chi connectivity index (χ4v) is 7.40. The van der Waals surface area contributed by atoms with Crippen LogP contribution in [0.2, 0.25) is 0 Å². The van der Waals surface area contributed by atoms with Gasteiger partial charge in [-0.25, -0.2) is 30.0 Å². The normalized spacial score (nSPS) is 14.5. The molecule has 0 heterocycles. The monoisotopic (exact) mass is 938 g/mol. The Bertz CT molecular complexity index is 2980. The third-order valence-corrected chi connectivity index (χ3v) is 10.8. The molecule has 0 aromatic heterocycles. The predicted octanol–water partition coefficient (Wildman–Crippen LogP) is -9.98. The molecule has 2 aliphatic carbocycles. The van der Waals surface area contributed by atoms with Gasteiger partial charge in [-0.3, -0.25) is 20.4 Å². The quantitative estimate of drug-likeness (QED) is 0.0652. The van der Waals surface area contributed by atoms with Gasteiger partial charge in [0.25, 0.3) is 0 Å². The van der Waals surface area contributed by atoms with Gasteiger partial charge in [0.2, 0.25) is 11.6 Å². The molecule has 0 fully saturated rings. The van der Waals surface area contributed by atoms with E-state index in [4.69, 9.17) is 0 Å². The van der Waals surface area contributed by atoms with Gasteiger partial charge in [0.05, 0.1) is 32.0 Å². The van der Waals surface area contributed by atoms with E-state index in [9.17, 15) is 63.2 Å². The molecule has 4 aromatic carbocycles. The van der Waals surface area contributed by atoms with Gasteiger partial charge in [0.1, 0.15) is 41.8 Å². The van der Waals surface area contributed by atoms with Gasteiger partial charge in [0, 0.05) is 22.5 Å². The average molecular weight is 939 g/mol. The number of urea groups is 1. The van der Waals surface area contributed by atoms with Crippen LogP contribution in [0, 0.1) is 6.92 Å². The Labute approximate surface area is 441 Å². The molecular formula is C35H22N6Na4O14S3. The van der Waals surface area contributed by atoms with Gasteiger partial charge in [-0.1, -0.05) is 12.1 Å². The van der Waals surface area contributed by atoms with Gasteiger partial charge in [-0.05, 0) is 108 Å². The number of Topliss-reactive ketones (excluding diaryl/α,β-unsaturated/α-hetero) is 2. The number of carboxylic acid groups (broad SMARTS) is 1. The summed E-state index contributed by atoms with van der Waals surface area (Å²) in [5.74, 6) is -3.42. The first-order valence-corrected chi connectivity index (χ1v) is 20.2. The van der Waals surface area contributed by atoms with Crippen LogP contribution in [0.3, 0.4) is 0 Å². The Morgan fingerprint density at radius 2 is 1.00 bits per heavy atom. The summed E-state index contributed by atoms with van der Waals surface area (Å²) in [4.78, 5) is 48.1. The maximum atomic E-state index is 13.4. The Morgan fingerprint density at radius 1 is 0.565 bits per heavy atom. The van der Waals surface area contributed by atoms with Crippen molar-refractivity contribution >= 4 is 100 Å². The van der Waals surface area contributed by atoms with Crippen molar-refractivity contribution in [1.29, 1.82) is 0 Å². The molecule has 0 bridgehead atoms. The Morgan fingerprint density at radius 3 is 1.40 bits per heavy atom. The summed E-state index contributed by atoms with van der Waals surface area (Å²) in [7, 11) is -15.4. The fourth-order valence-electron chi connectivity index (χ4n) is 5.55. The number of fused-ring (bicyclic) bond motifs is 2. The predicted molar refractivity (Wildman–Crippen MR) is 202 cm³/mol. The number of benzene rings is 4. The summed E-state index contributed by atoms with van der Waals surface area (Å²) in [5, 5.41) is 23.4. The van der Waals surface area contributed by atoms with E-state index in [0.717, 1.165) is 42.5 Å². The molecule has 2 aliphatic rings. The van der Waals surface area contributed by atoms with E-state index in [1.54, 1.807) is 0 Å². The average Bonchev–Trinajstić information content (AvgIpc) is 3.13. The number of anilines is 4. The second-order valence-electron chi connectivity index (χ2n) is 12.2. The van der Waals surface area contributed by atoms with E-state index in [-0.39, 0.29) is 174 Å². The van der Waals surface area contributed by atoms with Crippen LogP contribution in [-0.2, 0) is 30.4 Å². The van der Waals surface area contributed by atoms with Gasteiger partial charge >= 0.3 is 124 Å². The molecule has 0 radical (unpaired) electrons. The van der Waals surface area contributed by atoms with Crippen LogP contribution in [-0.4, -0.2) is 73.9 Å². The van der Waals surface area contributed by atoms with E-state index in [2.05, 4.69) is 31.7 Å². The van der Waals surface area contributed by atoms with E-state index in [1.165, 1.54) is 55.5 Å². The molecule has 0 saturated carbocycles. The van der Waals surface area contributed by atoms with Crippen molar-refractivity contribution in [3.8, 4) is 0 Å². The number of hydrogen-bond donors (Lipinski definition) is 4. The molecular weight excluding hydrogens is 917 g/mol. The summed E-state index contributed by atoms with van der Waals surface area (Å²) in [6.45, 7) is 1.40. The number of carbonyl (C=O) groups is 4. The Kier molecular flexibility index (Phi) is 19.5. The van der Waals surface area contributed by atoms with Crippen molar-refractivity contribution in [2.45, 2.75) is 11.8 Å². The third-order valence-electron chi connectivity index (χ3n) is 8.31. The smallest absolute Gasteiger partial charge is 0.744 e. The van der Waals surface area contributed by atoms with Crippen LogP contribution in [0.25, 0.3) is 12.2 Å². The number of rotatable bonds is 10.